The first-order valence-corrected chi connectivity index (χ1v) is 14.2. The predicted molar refractivity (Wildman–Crippen MR) is 161 cm³/mol. The van der Waals surface area contributed by atoms with Gasteiger partial charge in [0.15, 0.2) is 23.0 Å². The SMILES string of the molecule is CCCCCCCC=CC(Cc1ccc(O)c(O)c1)C(C=CCC=CCC=CC(=O)O)Cc1ccc(O)c(O)c1. The Morgan fingerprint density at radius 1 is 0.675 bits per heavy atom. The van der Waals surface area contributed by atoms with E-state index in [2.05, 4.69) is 31.2 Å². The molecule has 0 saturated heterocycles. The molecule has 0 aliphatic heterocycles. The van der Waals surface area contributed by atoms with E-state index >= 15 is 0 Å². The third-order valence-corrected chi connectivity index (χ3v) is 6.78. The molecule has 2 unspecified atom stereocenters. The molecule has 6 heteroatoms. The summed E-state index contributed by atoms with van der Waals surface area (Å²) >= 11 is 0. The lowest BCUT2D eigenvalue weighted by atomic mass is 9.81. The van der Waals surface area contributed by atoms with E-state index in [9.17, 15) is 25.2 Å². The van der Waals surface area contributed by atoms with Crippen molar-refractivity contribution in [2.24, 2.45) is 11.8 Å². The summed E-state index contributed by atoms with van der Waals surface area (Å²) in [6.07, 6.45) is 24.9. The normalized spacial score (nSPS) is 13.6. The van der Waals surface area contributed by atoms with Gasteiger partial charge in [-0.15, -0.1) is 0 Å². The Labute approximate surface area is 238 Å². The summed E-state index contributed by atoms with van der Waals surface area (Å²) in [6, 6.07) is 9.82. The first kappa shape index (κ1) is 32.3. The van der Waals surface area contributed by atoms with Crippen molar-refractivity contribution in [3.8, 4) is 23.0 Å². The molecule has 216 valence electrons. The fraction of sp³-hybridized carbons (Fsp3) is 0.382. The summed E-state index contributed by atoms with van der Waals surface area (Å²) in [5.74, 6) is -1.43. The highest BCUT2D eigenvalue weighted by Gasteiger charge is 2.19. The highest BCUT2D eigenvalue weighted by atomic mass is 16.4. The van der Waals surface area contributed by atoms with Gasteiger partial charge < -0.3 is 25.5 Å². The second-order valence-corrected chi connectivity index (χ2v) is 10.1. The summed E-state index contributed by atoms with van der Waals surface area (Å²) in [6.45, 7) is 2.21. The van der Waals surface area contributed by atoms with Crippen molar-refractivity contribution in [3.05, 3.63) is 96.1 Å². The molecular weight excluding hydrogens is 504 g/mol. The zero-order chi connectivity index (χ0) is 29.2. The standard InChI is InChI=1S/C34H44O6/c1-2-3-4-5-6-9-12-15-28(22-26-18-20-30(35)32(37)24-26)29(23-27-19-21-31(36)33(38)25-27)16-13-10-7-8-11-14-17-34(39)40/h7-8,12-21,24-25,28-29,35-38H,2-6,9-11,22-23H2,1H3,(H,39,40). The molecule has 0 aliphatic carbocycles. The van der Waals surface area contributed by atoms with Crippen LogP contribution in [0.25, 0.3) is 0 Å². The van der Waals surface area contributed by atoms with E-state index < -0.39 is 5.97 Å². The second kappa shape index (κ2) is 18.4. The number of phenolic OH excluding ortho intramolecular Hbond substituents is 4. The van der Waals surface area contributed by atoms with Crippen molar-refractivity contribution >= 4 is 5.97 Å². The lowest BCUT2D eigenvalue weighted by Gasteiger charge is -2.23. The fourth-order valence-electron chi connectivity index (χ4n) is 4.57. The van der Waals surface area contributed by atoms with Crippen LogP contribution in [-0.4, -0.2) is 31.5 Å². The lowest BCUT2D eigenvalue weighted by Crippen LogP contribution is -2.16. The Bertz CT molecular complexity index is 1160. The molecule has 0 saturated carbocycles. The number of carboxylic acids is 1. The van der Waals surface area contributed by atoms with Crippen molar-refractivity contribution in [2.75, 3.05) is 0 Å². The molecule has 0 heterocycles. The number of aromatic hydroxyl groups is 4. The molecule has 0 fully saturated rings. The van der Waals surface area contributed by atoms with Crippen LogP contribution >= 0.6 is 0 Å². The molecule has 0 aromatic heterocycles. The first-order chi connectivity index (χ1) is 19.3. The summed E-state index contributed by atoms with van der Waals surface area (Å²) in [7, 11) is 0. The fourth-order valence-corrected chi connectivity index (χ4v) is 4.57. The summed E-state index contributed by atoms with van der Waals surface area (Å²) < 4.78 is 0. The van der Waals surface area contributed by atoms with Crippen LogP contribution in [0.1, 0.15) is 69.4 Å². The maximum Gasteiger partial charge on any atom is 0.327 e. The van der Waals surface area contributed by atoms with E-state index in [0.717, 1.165) is 30.0 Å². The molecule has 5 N–H and O–H groups in total. The van der Waals surface area contributed by atoms with Gasteiger partial charge in [0, 0.05) is 6.08 Å². The number of carbonyl (C=O) groups is 1. The van der Waals surface area contributed by atoms with Crippen molar-refractivity contribution in [1.29, 1.82) is 0 Å². The van der Waals surface area contributed by atoms with Gasteiger partial charge in [0.05, 0.1) is 0 Å². The number of benzene rings is 2. The molecule has 0 radical (unpaired) electrons. The van der Waals surface area contributed by atoms with Gasteiger partial charge in [-0.1, -0.05) is 87.3 Å². The van der Waals surface area contributed by atoms with Crippen LogP contribution in [0.4, 0.5) is 0 Å². The minimum absolute atomic E-state index is 0.0523. The van der Waals surface area contributed by atoms with Crippen LogP contribution in [0.3, 0.4) is 0 Å². The van der Waals surface area contributed by atoms with E-state index in [1.165, 1.54) is 37.8 Å². The molecule has 0 amide bonds. The summed E-state index contributed by atoms with van der Waals surface area (Å²) in [5.41, 5.74) is 1.80. The minimum Gasteiger partial charge on any atom is -0.504 e. The molecular formula is C34H44O6. The average Bonchev–Trinajstić information content (AvgIpc) is 2.92. The third-order valence-electron chi connectivity index (χ3n) is 6.78. The van der Waals surface area contributed by atoms with Gasteiger partial charge in [0.2, 0.25) is 0 Å². The maximum absolute atomic E-state index is 10.6. The van der Waals surface area contributed by atoms with E-state index in [-0.39, 0.29) is 34.8 Å². The molecule has 6 nitrogen and oxygen atoms in total. The average molecular weight is 549 g/mol. The highest BCUT2D eigenvalue weighted by Crippen LogP contribution is 2.32. The number of hydrogen-bond acceptors (Lipinski definition) is 5. The Balaban J connectivity index is 2.26. The Kier molecular flexibility index (Phi) is 14.8. The molecule has 40 heavy (non-hydrogen) atoms. The molecule has 2 aromatic carbocycles. The van der Waals surface area contributed by atoms with Crippen molar-refractivity contribution in [1.82, 2.24) is 0 Å². The molecule has 2 rings (SSSR count). The topological polar surface area (TPSA) is 118 Å². The number of hydrogen-bond donors (Lipinski definition) is 5. The number of unbranched alkanes of at least 4 members (excludes halogenated alkanes) is 5. The Morgan fingerprint density at radius 3 is 1.73 bits per heavy atom. The quantitative estimate of drug-likeness (QED) is 0.0558. The minimum atomic E-state index is -0.960. The van der Waals surface area contributed by atoms with E-state index in [4.69, 9.17) is 5.11 Å². The van der Waals surface area contributed by atoms with Gasteiger partial charge in [-0.25, -0.2) is 4.79 Å². The van der Waals surface area contributed by atoms with Crippen LogP contribution in [0, 0.1) is 11.8 Å². The number of rotatable bonds is 18. The maximum atomic E-state index is 10.6. The van der Waals surface area contributed by atoms with Crippen LogP contribution in [-0.2, 0) is 17.6 Å². The monoisotopic (exact) mass is 548 g/mol. The van der Waals surface area contributed by atoms with E-state index in [1.807, 2.05) is 24.3 Å². The Hall–Kier alpha value is -3.93. The molecule has 0 spiro atoms. The smallest absolute Gasteiger partial charge is 0.327 e. The van der Waals surface area contributed by atoms with Gasteiger partial charge in [-0.3, -0.25) is 0 Å². The number of phenols is 4. The van der Waals surface area contributed by atoms with Gasteiger partial charge in [0.25, 0.3) is 0 Å². The molecule has 0 aliphatic rings. The zero-order valence-corrected chi connectivity index (χ0v) is 23.5. The predicted octanol–water partition coefficient (Wildman–Crippen LogP) is 7.98. The first-order valence-electron chi connectivity index (χ1n) is 14.2. The van der Waals surface area contributed by atoms with Gasteiger partial charge >= 0.3 is 5.97 Å². The number of carboxylic acid groups (broad SMARTS) is 1. The zero-order valence-electron chi connectivity index (χ0n) is 23.5. The lowest BCUT2D eigenvalue weighted by molar-refractivity contribution is -0.131. The van der Waals surface area contributed by atoms with Crippen LogP contribution in [0.5, 0.6) is 23.0 Å². The van der Waals surface area contributed by atoms with Crippen molar-refractivity contribution in [2.45, 2.75) is 71.1 Å². The van der Waals surface area contributed by atoms with Gasteiger partial charge in [-0.2, -0.15) is 0 Å². The molecule has 2 aromatic rings. The van der Waals surface area contributed by atoms with Gasteiger partial charge in [0.1, 0.15) is 0 Å². The van der Waals surface area contributed by atoms with Crippen molar-refractivity contribution in [3.63, 3.8) is 0 Å². The molecule has 2 atom stereocenters. The van der Waals surface area contributed by atoms with Crippen molar-refractivity contribution < 1.29 is 30.3 Å². The van der Waals surface area contributed by atoms with Crippen LogP contribution < -0.4 is 0 Å². The van der Waals surface area contributed by atoms with E-state index in [1.54, 1.807) is 18.2 Å². The van der Waals surface area contributed by atoms with Gasteiger partial charge in [-0.05, 0) is 85.8 Å². The Morgan fingerprint density at radius 2 is 1.20 bits per heavy atom. The summed E-state index contributed by atoms with van der Waals surface area (Å²) in [4.78, 5) is 10.6. The third kappa shape index (κ3) is 12.7. The second-order valence-electron chi connectivity index (χ2n) is 10.1. The van der Waals surface area contributed by atoms with Crippen LogP contribution in [0.2, 0.25) is 0 Å². The number of aliphatic carboxylic acids is 1. The molecule has 0 bridgehead atoms. The highest BCUT2D eigenvalue weighted by molar-refractivity contribution is 5.79. The largest absolute Gasteiger partial charge is 0.504 e. The van der Waals surface area contributed by atoms with E-state index in [0.29, 0.717) is 25.7 Å². The van der Waals surface area contributed by atoms with Crippen LogP contribution in [0.15, 0.2) is 85.0 Å². The summed E-state index contributed by atoms with van der Waals surface area (Å²) in [5, 5.41) is 48.4. The number of allylic oxidation sites excluding steroid dienone is 7.